The lowest BCUT2D eigenvalue weighted by atomic mass is 10.7. The maximum atomic E-state index is 11.1. The fourth-order valence-electron chi connectivity index (χ4n) is 0.0690. The Bertz CT molecular complexity index is 32.7. The van der Waals surface area contributed by atoms with Gasteiger partial charge >= 0.3 is 0 Å². The van der Waals surface area contributed by atoms with Gasteiger partial charge in [-0.1, -0.05) is 0 Å². The maximum absolute atomic E-state index is 11.1. The molecule has 0 heterocycles. The van der Waals surface area contributed by atoms with Gasteiger partial charge in [-0.15, -0.1) is 0 Å². The van der Waals surface area contributed by atoms with E-state index >= 15 is 0 Å². The van der Waals surface area contributed by atoms with E-state index in [1.54, 1.807) is 0 Å². The Hall–Kier alpha value is 0.920. The molecule has 0 bridgehead atoms. The van der Waals surface area contributed by atoms with Gasteiger partial charge in [-0.2, -0.15) is 7.68 Å². The van der Waals surface area contributed by atoms with E-state index in [9.17, 15) is 4.20 Å². The number of rotatable bonds is 2. The van der Waals surface area contributed by atoms with Crippen molar-refractivity contribution in [2.45, 2.75) is 0 Å². The van der Waals surface area contributed by atoms with Crippen molar-refractivity contribution in [1.29, 1.82) is 0 Å². The van der Waals surface area contributed by atoms with Gasteiger partial charge in [0, 0.05) is 0 Å². The Labute approximate surface area is 42.7 Å². The summed E-state index contributed by atoms with van der Waals surface area (Å²) in [5, 5.41) is 0. The van der Waals surface area contributed by atoms with Gasteiger partial charge in [-0.3, -0.25) is 0 Å². The van der Waals surface area contributed by atoms with Crippen molar-refractivity contribution in [1.82, 2.24) is 0 Å². The Morgan fingerprint density at radius 1 is 1.67 bits per heavy atom. The minimum absolute atomic E-state index is 0.356. The Morgan fingerprint density at radius 3 is 2.17 bits per heavy atom. The minimum Gasteiger partial charge on any atom is -0.230 e. The molecule has 0 saturated heterocycles. The van der Waals surface area contributed by atoms with Gasteiger partial charge in [0.05, 0.1) is 24.0 Å². The van der Waals surface area contributed by atoms with Crippen molar-refractivity contribution in [2.24, 2.45) is 0 Å². The molecule has 0 aromatic heterocycles. The van der Waals surface area contributed by atoms with Crippen LogP contribution in [0.1, 0.15) is 0 Å². The zero-order valence-electron chi connectivity index (χ0n) is 3.19. The minimum atomic E-state index is -0.963. The topological polar surface area (TPSA) is 0 Å². The van der Waals surface area contributed by atoms with E-state index in [2.05, 4.69) is 0 Å². The molecular formula is CH3B2FP2. The Balaban J connectivity index is 2.63. The van der Waals surface area contributed by atoms with Gasteiger partial charge in [0.25, 0.3) is 0 Å². The zero-order valence-corrected chi connectivity index (χ0v) is 5.08. The summed E-state index contributed by atoms with van der Waals surface area (Å²) in [5.74, 6) is 0.356. The molecule has 30 valence electrons. The summed E-state index contributed by atoms with van der Waals surface area (Å²) in [7, 11) is 8.48. The molecule has 0 aliphatic carbocycles. The maximum Gasteiger partial charge on any atom is 0.0953 e. The van der Waals surface area contributed by atoms with Gasteiger partial charge in [0.2, 0.25) is 0 Å². The molecule has 1 unspecified atom stereocenters. The molecule has 0 aliphatic heterocycles. The second kappa shape index (κ2) is 4.09. The third kappa shape index (κ3) is 4.92. The smallest absolute Gasteiger partial charge is 0.0953 e. The van der Waals surface area contributed by atoms with Crippen LogP contribution in [0, 0.1) is 0 Å². The molecule has 0 nitrogen and oxygen atoms in total. The van der Waals surface area contributed by atoms with Crippen LogP contribution in [0.15, 0.2) is 0 Å². The summed E-state index contributed by atoms with van der Waals surface area (Å²) >= 11 is 0. The highest BCUT2D eigenvalue weighted by molar-refractivity contribution is 8.03. The molecule has 0 rings (SSSR count). The molecule has 5 heteroatoms. The second-order valence-electron chi connectivity index (χ2n) is 0.806. The highest BCUT2D eigenvalue weighted by atomic mass is 31.2. The number of halogens is 1. The third-order valence-corrected chi connectivity index (χ3v) is 2.18. The first kappa shape index (κ1) is 6.92. The summed E-state index contributed by atoms with van der Waals surface area (Å²) in [5.41, 5.74) is 0. The SMILES string of the molecule is [B]P([B])CPF. The molecule has 0 N–H and O–H groups in total. The highest BCUT2D eigenvalue weighted by Crippen LogP contribution is 2.31. The average molecular weight is 118 g/mol. The van der Waals surface area contributed by atoms with Gasteiger partial charge in [-0.05, 0) is 5.90 Å². The third-order valence-electron chi connectivity index (χ3n) is 0.242. The number of hydrogen-bond acceptors (Lipinski definition) is 0. The molecule has 1 atom stereocenters. The molecular weight excluding hydrogens is 115 g/mol. The van der Waals surface area contributed by atoms with E-state index in [0.29, 0.717) is 5.90 Å². The van der Waals surface area contributed by atoms with Crippen LogP contribution in [0.4, 0.5) is 4.20 Å². The van der Waals surface area contributed by atoms with Crippen molar-refractivity contribution in [3.8, 4) is 0 Å². The summed E-state index contributed by atoms with van der Waals surface area (Å²) in [6.45, 7) is 0. The van der Waals surface area contributed by atoms with E-state index in [1.165, 1.54) is 0 Å². The normalized spacial score (nSPS) is 11.7. The van der Waals surface area contributed by atoms with Gasteiger partial charge in [-0.25, -0.2) is 4.20 Å². The first-order valence-electron chi connectivity index (χ1n) is 1.38. The van der Waals surface area contributed by atoms with E-state index < -0.39 is 16.6 Å². The molecule has 0 saturated carbocycles. The molecule has 0 aromatic rings. The predicted molar refractivity (Wildman–Crippen MR) is 32.7 cm³/mol. The highest BCUT2D eigenvalue weighted by Gasteiger charge is 1.86. The average Bonchev–Trinajstić information content (AvgIpc) is 1.35. The summed E-state index contributed by atoms with van der Waals surface area (Å²) in [6, 6.07) is 0. The summed E-state index contributed by atoms with van der Waals surface area (Å²) in [4.78, 5) is 0. The second-order valence-corrected chi connectivity index (χ2v) is 3.37. The monoisotopic (exact) mass is 118 g/mol. The standard InChI is InChI=1S/CH3B2FP2/c2-6(3)1-5-4/h5H,1H2. The quantitative estimate of drug-likeness (QED) is 0.376. The van der Waals surface area contributed by atoms with Gasteiger partial charge in [0.1, 0.15) is 0 Å². The van der Waals surface area contributed by atoms with Crippen molar-refractivity contribution in [3.05, 3.63) is 0 Å². The molecule has 0 amide bonds. The van der Waals surface area contributed by atoms with E-state index in [1.807, 2.05) is 0 Å². The van der Waals surface area contributed by atoms with Crippen LogP contribution in [0.25, 0.3) is 0 Å². The van der Waals surface area contributed by atoms with Crippen molar-refractivity contribution < 1.29 is 4.20 Å². The van der Waals surface area contributed by atoms with Crippen LogP contribution in [-0.4, -0.2) is 21.0 Å². The Kier molecular flexibility index (Phi) is 4.72. The molecule has 0 fully saturated rings. The van der Waals surface area contributed by atoms with Crippen LogP contribution in [0.3, 0.4) is 0 Å². The Morgan fingerprint density at radius 2 is 2.17 bits per heavy atom. The van der Waals surface area contributed by atoms with E-state index in [0.717, 1.165) is 0 Å². The van der Waals surface area contributed by atoms with Crippen LogP contribution in [0.5, 0.6) is 0 Å². The lowest BCUT2D eigenvalue weighted by molar-refractivity contribution is 0.923. The lowest BCUT2D eigenvalue weighted by Gasteiger charge is -1.96. The van der Waals surface area contributed by atoms with Gasteiger partial charge < -0.3 is 0 Å². The largest absolute Gasteiger partial charge is 0.230 e. The fraction of sp³-hybridized carbons (Fsp3) is 1.00. The zero-order chi connectivity index (χ0) is 4.99. The fourth-order valence-corrected chi connectivity index (χ4v) is 0.621. The molecule has 0 aliphatic rings. The molecule has 6 heavy (non-hydrogen) atoms. The van der Waals surface area contributed by atoms with Crippen molar-refractivity contribution in [3.63, 3.8) is 0 Å². The first-order valence-corrected chi connectivity index (χ1v) is 4.13. The summed E-state index contributed by atoms with van der Waals surface area (Å²) in [6.07, 6.45) is 0. The first-order chi connectivity index (χ1) is 2.77. The van der Waals surface area contributed by atoms with Crippen LogP contribution < -0.4 is 0 Å². The molecule has 4 radical (unpaired) electrons. The lowest BCUT2D eigenvalue weighted by Crippen LogP contribution is -1.68. The predicted octanol–water partition coefficient (Wildman–Crippen LogP) is 1.16. The van der Waals surface area contributed by atoms with Crippen LogP contribution in [0.2, 0.25) is 0 Å². The number of hydrogen-bond donors (Lipinski definition) is 0. The van der Waals surface area contributed by atoms with Crippen molar-refractivity contribution >= 4 is 31.7 Å². The van der Waals surface area contributed by atoms with Crippen molar-refractivity contribution in [2.75, 3.05) is 5.90 Å². The molecule has 0 aromatic carbocycles. The van der Waals surface area contributed by atoms with Gasteiger partial charge in [0.15, 0.2) is 0 Å². The van der Waals surface area contributed by atoms with E-state index in [4.69, 9.17) is 15.1 Å². The van der Waals surface area contributed by atoms with E-state index in [-0.39, 0.29) is 0 Å². The van der Waals surface area contributed by atoms with Crippen LogP contribution >= 0.6 is 16.6 Å². The molecule has 0 spiro atoms. The van der Waals surface area contributed by atoms with Crippen LogP contribution in [-0.2, 0) is 0 Å². The summed E-state index contributed by atoms with van der Waals surface area (Å²) < 4.78 is 11.1.